The van der Waals surface area contributed by atoms with E-state index in [9.17, 15) is 18.5 Å². The van der Waals surface area contributed by atoms with Crippen molar-refractivity contribution in [3.8, 4) is 0 Å². The van der Waals surface area contributed by atoms with Crippen LogP contribution < -0.4 is 10.0 Å². The lowest BCUT2D eigenvalue weighted by Crippen LogP contribution is -2.47. The molecule has 10 heteroatoms. The molecule has 142 valence electrons. The van der Waals surface area contributed by atoms with E-state index in [1.165, 1.54) is 18.2 Å². The molecule has 0 aromatic heterocycles. The van der Waals surface area contributed by atoms with Crippen molar-refractivity contribution in [2.24, 2.45) is 5.41 Å². The molecule has 1 fully saturated rings. The standard InChI is InChI=1S/C15H23N3O5S.ClH/c1-12-9-13(18(19)20)3-4-14(12)24(21,22)17-10-15(11-23-2)5-7-16-8-6-15;/h3-4,9,16-17H,5-8,10-11H2,1-2H3;1H. The van der Waals surface area contributed by atoms with Crippen LogP contribution in [-0.4, -0.2) is 46.7 Å². The number of nitrogens with zero attached hydrogens (tertiary/aromatic N) is 1. The summed E-state index contributed by atoms with van der Waals surface area (Å²) in [5, 5.41) is 14.0. The maximum Gasteiger partial charge on any atom is 0.269 e. The van der Waals surface area contributed by atoms with Gasteiger partial charge in [0.2, 0.25) is 10.0 Å². The Hall–Kier alpha value is -1.26. The van der Waals surface area contributed by atoms with Gasteiger partial charge in [-0.25, -0.2) is 13.1 Å². The minimum Gasteiger partial charge on any atom is -0.384 e. The second-order valence-corrected chi connectivity index (χ2v) is 7.95. The summed E-state index contributed by atoms with van der Waals surface area (Å²) < 4.78 is 33.1. The van der Waals surface area contributed by atoms with Crippen molar-refractivity contribution < 1.29 is 18.1 Å². The molecule has 0 aliphatic carbocycles. The Labute approximate surface area is 153 Å². The molecule has 0 radical (unpaired) electrons. The van der Waals surface area contributed by atoms with Crippen molar-refractivity contribution >= 4 is 28.1 Å². The Bertz CT molecular complexity index is 700. The summed E-state index contributed by atoms with van der Waals surface area (Å²) in [6, 6.07) is 3.75. The second kappa shape index (κ2) is 8.91. The molecule has 0 amide bonds. The minimum absolute atomic E-state index is 0. The van der Waals surface area contributed by atoms with Gasteiger partial charge in [0.1, 0.15) is 0 Å². The van der Waals surface area contributed by atoms with E-state index in [1.54, 1.807) is 14.0 Å². The molecule has 0 unspecified atom stereocenters. The smallest absolute Gasteiger partial charge is 0.269 e. The number of halogens is 1. The molecule has 1 heterocycles. The molecular weight excluding hydrogens is 370 g/mol. The Morgan fingerprint density at radius 3 is 2.52 bits per heavy atom. The van der Waals surface area contributed by atoms with Crippen molar-refractivity contribution in [2.75, 3.05) is 33.4 Å². The van der Waals surface area contributed by atoms with Crippen LogP contribution in [0.2, 0.25) is 0 Å². The van der Waals surface area contributed by atoms with Gasteiger partial charge in [-0.2, -0.15) is 0 Å². The van der Waals surface area contributed by atoms with E-state index in [2.05, 4.69) is 10.0 Å². The summed E-state index contributed by atoms with van der Waals surface area (Å²) in [4.78, 5) is 10.3. The molecule has 1 aliphatic heterocycles. The number of non-ortho nitro benzene ring substituents is 1. The Kier molecular flexibility index (Phi) is 7.76. The first-order valence-electron chi connectivity index (χ1n) is 7.74. The summed E-state index contributed by atoms with van der Waals surface area (Å²) in [6.45, 7) is 3.96. The molecule has 0 spiro atoms. The first-order valence-corrected chi connectivity index (χ1v) is 9.22. The van der Waals surface area contributed by atoms with Gasteiger partial charge in [-0.15, -0.1) is 12.4 Å². The first-order chi connectivity index (χ1) is 11.3. The number of hydrogen-bond acceptors (Lipinski definition) is 6. The van der Waals surface area contributed by atoms with E-state index in [-0.39, 0.29) is 34.9 Å². The number of nitrogens with one attached hydrogen (secondary N) is 2. The predicted molar refractivity (Wildman–Crippen MR) is 96.7 cm³/mol. The number of aryl methyl sites for hydroxylation is 1. The summed E-state index contributed by atoms with van der Waals surface area (Å²) in [7, 11) is -2.13. The molecule has 1 aromatic carbocycles. The topological polar surface area (TPSA) is 111 Å². The lowest BCUT2D eigenvalue weighted by molar-refractivity contribution is -0.385. The van der Waals surface area contributed by atoms with Crippen LogP contribution in [-0.2, 0) is 14.8 Å². The van der Waals surface area contributed by atoms with Gasteiger partial charge in [0.05, 0.1) is 16.4 Å². The van der Waals surface area contributed by atoms with Gasteiger partial charge in [-0.05, 0) is 44.5 Å². The lowest BCUT2D eigenvalue weighted by atomic mass is 9.80. The SMILES string of the molecule is COCC1(CNS(=O)(=O)c2ccc([N+](=O)[O-])cc2C)CCNCC1.Cl. The third-order valence-electron chi connectivity index (χ3n) is 4.41. The van der Waals surface area contributed by atoms with Gasteiger partial charge in [0, 0.05) is 31.2 Å². The second-order valence-electron chi connectivity index (χ2n) is 6.21. The highest BCUT2D eigenvalue weighted by Crippen LogP contribution is 2.29. The third-order valence-corrected chi connectivity index (χ3v) is 5.97. The number of rotatable bonds is 7. The number of ether oxygens (including phenoxy) is 1. The molecule has 1 saturated heterocycles. The summed E-state index contributed by atoms with van der Waals surface area (Å²) in [5.41, 5.74) is -0.00895. The quantitative estimate of drug-likeness (QED) is 0.538. The zero-order chi connectivity index (χ0) is 17.8. The predicted octanol–water partition coefficient (Wildman–Crippen LogP) is 1.62. The minimum atomic E-state index is -3.74. The van der Waals surface area contributed by atoms with Crippen LogP contribution in [0.4, 0.5) is 5.69 Å². The monoisotopic (exact) mass is 393 g/mol. The Morgan fingerprint density at radius 2 is 2.00 bits per heavy atom. The number of benzene rings is 1. The molecule has 0 bridgehead atoms. The van der Waals surface area contributed by atoms with E-state index in [1.807, 2.05) is 0 Å². The number of nitro groups is 1. The van der Waals surface area contributed by atoms with Gasteiger partial charge >= 0.3 is 0 Å². The molecule has 0 saturated carbocycles. The maximum atomic E-state index is 12.6. The van der Waals surface area contributed by atoms with E-state index < -0.39 is 14.9 Å². The van der Waals surface area contributed by atoms with Crippen molar-refractivity contribution in [1.82, 2.24) is 10.0 Å². The highest BCUT2D eigenvalue weighted by atomic mass is 35.5. The fourth-order valence-electron chi connectivity index (χ4n) is 3.01. The van der Waals surface area contributed by atoms with Crippen LogP contribution in [0.3, 0.4) is 0 Å². The molecule has 8 nitrogen and oxygen atoms in total. The van der Waals surface area contributed by atoms with Gasteiger partial charge < -0.3 is 10.1 Å². The van der Waals surface area contributed by atoms with Crippen LogP contribution in [0.25, 0.3) is 0 Å². The molecular formula is C15H24ClN3O5S. The Balaban J connectivity index is 0.00000312. The highest BCUT2D eigenvalue weighted by molar-refractivity contribution is 7.89. The number of hydrogen-bond donors (Lipinski definition) is 2. The highest BCUT2D eigenvalue weighted by Gasteiger charge is 2.34. The normalized spacial score (nSPS) is 16.9. The number of nitro benzene ring substituents is 1. The van der Waals surface area contributed by atoms with Gasteiger partial charge in [-0.3, -0.25) is 10.1 Å². The summed E-state index contributed by atoms with van der Waals surface area (Å²) in [5.74, 6) is 0. The zero-order valence-electron chi connectivity index (χ0n) is 14.3. The average Bonchev–Trinajstić information content (AvgIpc) is 2.54. The zero-order valence-corrected chi connectivity index (χ0v) is 15.9. The largest absolute Gasteiger partial charge is 0.384 e. The average molecular weight is 394 g/mol. The fourth-order valence-corrected chi connectivity index (χ4v) is 4.39. The van der Waals surface area contributed by atoms with E-state index >= 15 is 0 Å². The molecule has 1 aliphatic rings. The van der Waals surface area contributed by atoms with E-state index in [0.717, 1.165) is 25.9 Å². The molecule has 2 N–H and O–H groups in total. The van der Waals surface area contributed by atoms with E-state index in [0.29, 0.717) is 12.2 Å². The Morgan fingerprint density at radius 1 is 1.36 bits per heavy atom. The maximum absolute atomic E-state index is 12.6. The van der Waals surface area contributed by atoms with Crippen LogP contribution in [0.15, 0.2) is 23.1 Å². The summed E-state index contributed by atoms with van der Waals surface area (Å²) >= 11 is 0. The molecule has 25 heavy (non-hydrogen) atoms. The number of piperidine rings is 1. The fraction of sp³-hybridized carbons (Fsp3) is 0.600. The molecule has 0 atom stereocenters. The summed E-state index contributed by atoms with van der Waals surface area (Å²) in [6.07, 6.45) is 1.64. The van der Waals surface area contributed by atoms with E-state index in [4.69, 9.17) is 4.74 Å². The lowest BCUT2D eigenvalue weighted by Gasteiger charge is -2.37. The molecule has 1 aromatic rings. The number of methoxy groups -OCH3 is 1. The van der Waals surface area contributed by atoms with Crippen LogP contribution in [0.1, 0.15) is 18.4 Å². The van der Waals surface area contributed by atoms with Crippen molar-refractivity contribution in [1.29, 1.82) is 0 Å². The van der Waals surface area contributed by atoms with Crippen LogP contribution in [0.5, 0.6) is 0 Å². The van der Waals surface area contributed by atoms with Crippen molar-refractivity contribution in [3.63, 3.8) is 0 Å². The van der Waals surface area contributed by atoms with Crippen LogP contribution in [0, 0.1) is 22.5 Å². The van der Waals surface area contributed by atoms with Crippen molar-refractivity contribution in [3.05, 3.63) is 33.9 Å². The van der Waals surface area contributed by atoms with Gasteiger partial charge in [0.15, 0.2) is 0 Å². The van der Waals surface area contributed by atoms with Crippen molar-refractivity contribution in [2.45, 2.75) is 24.7 Å². The first kappa shape index (κ1) is 21.8. The third kappa shape index (κ3) is 5.35. The van der Waals surface area contributed by atoms with Crippen LogP contribution >= 0.6 is 12.4 Å². The number of sulfonamides is 1. The molecule has 2 rings (SSSR count). The van der Waals surface area contributed by atoms with Gasteiger partial charge in [-0.1, -0.05) is 0 Å². The van der Waals surface area contributed by atoms with Gasteiger partial charge in [0.25, 0.3) is 5.69 Å².